The van der Waals surface area contributed by atoms with Crippen molar-refractivity contribution in [1.29, 1.82) is 0 Å². The lowest BCUT2D eigenvalue weighted by atomic mass is 9.77. The topological polar surface area (TPSA) is 64.0 Å². The molecule has 0 N–H and O–H groups in total. The Bertz CT molecular complexity index is 713. The first-order valence-electron chi connectivity index (χ1n) is 8.14. The first kappa shape index (κ1) is 14.4. The van der Waals surface area contributed by atoms with Gasteiger partial charge >= 0.3 is 0 Å². The highest BCUT2D eigenvalue weighted by molar-refractivity contribution is 5.40. The largest absolute Gasteiger partial charge is 0.494 e. The first-order chi connectivity index (χ1) is 11.2. The van der Waals surface area contributed by atoms with E-state index in [0.717, 1.165) is 44.1 Å². The smallest absolute Gasteiger partial charge is 0.225 e. The van der Waals surface area contributed by atoms with Crippen molar-refractivity contribution in [2.24, 2.45) is 0 Å². The number of methoxy groups -OCH3 is 1. The van der Waals surface area contributed by atoms with Gasteiger partial charge in [-0.15, -0.1) is 0 Å². The third kappa shape index (κ3) is 2.42. The molecule has 4 rings (SSSR count). The molecule has 1 aliphatic carbocycles. The highest BCUT2D eigenvalue weighted by atomic mass is 16.5. The second-order valence-electron chi connectivity index (χ2n) is 6.52. The Balaban J connectivity index is 1.64. The van der Waals surface area contributed by atoms with Gasteiger partial charge in [-0.3, -0.25) is 0 Å². The molecule has 0 saturated carbocycles. The Morgan fingerprint density at radius 2 is 1.96 bits per heavy atom. The predicted octanol–water partition coefficient (Wildman–Crippen LogP) is 2.07. The van der Waals surface area contributed by atoms with Gasteiger partial charge in [0.25, 0.3) is 0 Å². The molecule has 0 amide bonds. The van der Waals surface area contributed by atoms with Crippen LogP contribution in [-0.2, 0) is 11.8 Å². The maximum absolute atomic E-state index is 5.15. The summed E-state index contributed by atoms with van der Waals surface area (Å²) < 4.78 is 5.15. The summed E-state index contributed by atoms with van der Waals surface area (Å²) in [5, 5.41) is 0. The quantitative estimate of drug-likeness (QED) is 0.846. The lowest BCUT2D eigenvalue weighted by Crippen LogP contribution is -2.46. The van der Waals surface area contributed by atoms with E-state index in [0.29, 0.717) is 5.75 Å². The molecule has 120 valence electrons. The van der Waals surface area contributed by atoms with Crippen LogP contribution in [-0.4, -0.2) is 40.1 Å². The minimum absolute atomic E-state index is 0.130. The number of nitrogens with zero attached hydrogens (tertiary/aromatic N) is 5. The van der Waals surface area contributed by atoms with Crippen LogP contribution in [0.2, 0.25) is 0 Å². The van der Waals surface area contributed by atoms with Gasteiger partial charge in [-0.25, -0.2) is 19.9 Å². The van der Waals surface area contributed by atoms with Crippen LogP contribution < -0.4 is 9.64 Å². The maximum Gasteiger partial charge on any atom is 0.225 e. The molecular weight excluding hydrogens is 290 g/mol. The van der Waals surface area contributed by atoms with Crippen LogP contribution in [0.5, 0.6) is 5.75 Å². The third-order valence-electron chi connectivity index (χ3n) is 5.07. The lowest BCUT2D eigenvalue weighted by Gasteiger charge is -2.40. The van der Waals surface area contributed by atoms with E-state index in [2.05, 4.69) is 19.9 Å². The Labute approximate surface area is 136 Å². The molecule has 0 radical (unpaired) electrons. The molecule has 6 nitrogen and oxygen atoms in total. The monoisotopic (exact) mass is 311 g/mol. The van der Waals surface area contributed by atoms with Gasteiger partial charge in [-0.1, -0.05) is 0 Å². The minimum Gasteiger partial charge on any atom is -0.494 e. The van der Waals surface area contributed by atoms with E-state index in [1.807, 2.05) is 13.1 Å². The number of aromatic nitrogens is 4. The van der Waals surface area contributed by atoms with Crippen LogP contribution >= 0.6 is 0 Å². The molecule has 1 saturated heterocycles. The van der Waals surface area contributed by atoms with E-state index in [-0.39, 0.29) is 5.41 Å². The Kier molecular flexibility index (Phi) is 3.39. The zero-order valence-electron chi connectivity index (χ0n) is 13.6. The SMILES string of the molecule is COc1cnc(N2CCCC3(CCc4cnc(C)nc43)C2)nc1. The summed E-state index contributed by atoms with van der Waals surface area (Å²) in [6.07, 6.45) is 10.0. The lowest BCUT2D eigenvalue weighted by molar-refractivity contribution is 0.331. The van der Waals surface area contributed by atoms with Crippen molar-refractivity contribution < 1.29 is 4.74 Å². The molecular formula is C17H21N5O. The summed E-state index contributed by atoms with van der Waals surface area (Å²) in [7, 11) is 1.63. The first-order valence-corrected chi connectivity index (χ1v) is 8.14. The van der Waals surface area contributed by atoms with Crippen molar-refractivity contribution in [2.45, 2.75) is 38.0 Å². The van der Waals surface area contributed by atoms with E-state index in [1.54, 1.807) is 19.5 Å². The molecule has 2 aromatic heterocycles. The Morgan fingerprint density at radius 3 is 2.74 bits per heavy atom. The second-order valence-corrected chi connectivity index (χ2v) is 6.52. The summed E-state index contributed by atoms with van der Waals surface area (Å²) in [5.41, 5.74) is 2.70. The van der Waals surface area contributed by atoms with Crippen LogP contribution in [0, 0.1) is 6.92 Å². The van der Waals surface area contributed by atoms with E-state index in [1.165, 1.54) is 17.7 Å². The van der Waals surface area contributed by atoms with Gasteiger partial charge in [0.2, 0.25) is 5.95 Å². The van der Waals surface area contributed by atoms with Crippen LogP contribution in [0.1, 0.15) is 36.3 Å². The number of anilines is 1. The zero-order chi connectivity index (χ0) is 15.9. The minimum atomic E-state index is 0.130. The van der Waals surface area contributed by atoms with E-state index in [9.17, 15) is 0 Å². The van der Waals surface area contributed by atoms with Gasteiger partial charge in [-0.2, -0.15) is 0 Å². The molecule has 2 aromatic rings. The van der Waals surface area contributed by atoms with Crippen LogP contribution in [0.4, 0.5) is 5.95 Å². The number of hydrogen-bond donors (Lipinski definition) is 0. The number of aryl methyl sites for hydroxylation is 2. The highest BCUT2D eigenvalue weighted by Crippen LogP contribution is 2.44. The summed E-state index contributed by atoms with van der Waals surface area (Å²) in [6, 6.07) is 0. The number of fused-ring (bicyclic) bond motifs is 2. The maximum atomic E-state index is 5.15. The highest BCUT2D eigenvalue weighted by Gasteiger charge is 2.44. The van der Waals surface area contributed by atoms with Crippen molar-refractivity contribution in [2.75, 3.05) is 25.1 Å². The van der Waals surface area contributed by atoms with Gasteiger partial charge in [-0.05, 0) is 38.2 Å². The van der Waals surface area contributed by atoms with Crippen molar-refractivity contribution in [3.8, 4) is 5.75 Å². The Morgan fingerprint density at radius 1 is 1.13 bits per heavy atom. The van der Waals surface area contributed by atoms with E-state index < -0.39 is 0 Å². The van der Waals surface area contributed by atoms with Crippen molar-refractivity contribution in [3.05, 3.63) is 35.7 Å². The standard InChI is InChI=1S/C17H21N5O/c1-12-18-8-13-4-6-17(15(13)21-12)5-3-7-22(11-17)16-19-9-14(23-2)10-20-16/h8-10H,3-7,11H2,1-2H3. The number of piperidine rings is 1. The summed E-state index contributed by atoms with van der Waals surface area (Å²) in [6.45, 7) is 3.90. The van der Waals surface area contributed by atoms with Gasteiger partial charge in [0.1, 0.15) is 5.82 Å². The fourth-order valence-corrected chi connectivity index (χ4v) is 3.91. The predicted molar refractivity (Wildman–Crippen MR) is 86.8 cm³/mol. The van der Waals surface area contributed by atoms with Gasteiger partial charge in [0.05, 0.1) is 25.2 Å². The van der Waals surface area contributed by atoms with Crippen LogP contribution in [0.25, 0.3) is 0 Å². The van der Waals surface area contributed by atoms with Crippen LogP contribution in [0.3, 0.4) is 0 Å². The normalized spacial score (nSPS) is 23.1. The van der Waals surface area contributed by atoms with Crippen molar-refractivity contribution in [3.63, 3.8) is 0 Å². The third-order valence-corrected chi connectivity index (χ3v) is 5.07. The summed E-state index contributed by atoms with van der Waals surface area (Å²) >= 11 is 0. The Hall–Kier alpha value is -2.24. The van der Waals surface area contributed by atoms with Crippen molar-refractivity contribution in [1.82, 2.24) is 19.9 Å². The fourth-order valence-electron chi connectivity index (χ4n) is 3.91. The van der Waals surface area contributed by atoms with E-state index >= 15 is 0 Å². The molecule has 0 bridgehead atoms. The molecule has 1 fully saturated rings. The second kappa shape index (κ2) is 5.44. The molecule has 6 heteroatoms. The average Bonchev–Trinajstić information content (AvgIpc) is 2.93. The van der Waals surface area contributed by atoms with E-state index in [4.69, 9.17) is 9.72 Å². The number of ether oxygens (including phenoxy) is 1. The molecule has 2 aliphatic rings. The average molecular weight is 311 g/mol. The van der Waals surface area contributed by atoms with Gasteiger partial charge < -0.3 is 9.64 Å². The molecule has 23 heavy (non-hydrogen) atoms. The molecule has 1 aliphatic heterocycles. The summed E-state index contributed by atoms with van der Waals surface area (Å²) in [4.78, 5) is 20.4. The molecule has 0 aromatic carbocycles. The summed E-state index contributed by atoms with van der Waals surface area (Å²) in [5.74, 6) is 2.34. The molecule has 1 unspecified atom stereocenters. The van der Waals surface area contributed by atoms with Crippen molar-refractivity contribution >= 4 is 5.95 Å². The van der Waals surface area contributed by atoms with Gasteiger partial charge in [0, 0.05) is 24.7 Å². The van der Waals surface area contributed by atoms with Crippen LogP contribution in [0.15, 0.2) is 18.6 Å². The zero-order valence-corrected chi connectivity index (χ0v) is 13.6. The molecule has 3 heterocycles. The molecule has 1 atom stereocenters. The number of hydrogen-bond acceptors (Lipinski definition) is 6. The van der Waals surface area contributed by atoms with Gasteiger partial charge in [0.15, 0.2) is 5.75 Å². The molecule has 1 spiro atoms. The number of rotatable bonds is 2. The fraction of sp³-hybridized carbons (Fsp3) is 0.529.